The molecule has 3 heteroatoms. The van der Waals surface area contributed by atoms with E-state index in [9.17, 15) is 9.59 Å². The highest BCUT2D eigenvalue weighted by atomic mass is 16.5. The number of Topliss-reactive ketones (excluding diaryl/α,β-unsaturated/α-hetero) is 1. The molecule has 0 rings (SSSR count). The Morgan fingerprint density at radius 1 is 1.20 bits per heavy atom. The van der Waals surface area contributed by atoms with Gasteiger partial charge >= 0.3 is 5.97 Å². The quantitative estimate of drug-likeness (QED) is 0.483. The zero-order chi connectivity index (χ0) is 11.8. The van der Waals surface area contributed by atoms with Gasteiger partial charge in [-0.2, -0.15) is 0 Å². The van der Waals surface area contributed by atoms with Crippen LogP contribution in [0.1, 0.15) is 47.0 Å². The van der Waals surface area contributed by atoms with Crippen LogP contribution in [-0.4, -0.2) is 18.4 Å². The molecule has 88 valence electrons. The molecule has 15 heavy (non-hydrogen) atoms. The first-order valence-corrected chi connectivity index (χ1v) is 5.69. The number of ketones is 1. The molecule has 0 aromatic rings. The van der Waals surface area contributed by atoms with Crippen LogP contribution in [0.15, 0.2) is 0 Å². The predicted octanol–water partition coefficient (Wildman–Crippen LogP) is 2.58. The number of carbonyl (C=O) groups excluding carboxylic acids is 2. The van der Waals surface area contributed by atoms with Gasteiger partial charge in [-0.15, -0.1) is 0 Å². The van der Waals surface area contributed by atoms with Gasteiger partial charge in [-0.1, -0.05) is 20.8 Å². The van der Waals surface area contributed by atoms with Crippen LogP contribution in [0.4, 0.5) is 0 Å². The lowest BCUT2D eigenvalue weighted by molar-refractivity contribution is -0.146. The van der Waals surface area contributed by atoms with E-state index in [-0.39, 0.29) is 18.1 Å². The Kier molecular flexibility index (Phi) is 7.01. The topological polar surface area (TPSA) is 43.4 Å². The molecule has 1 atom stereocenters. The molecule has 0 aliphatic carbocycles. The molecule has 0 bridgehead atoms. The van der Waals surface area contributed by atoms with Gasteiger partial charge in [0.05, 0.1) is 6.61 Å². The highest BCUT2D eigenvalue weighted by molar-refractivity contribution is 5.96. The van der Waals surface area contributed by atoms with Crippen LogP contribution in [0, 0.1) is 11.8 Å². The summed E-state index contributed by atoms with van der Waals surface area (Å²) in [6, 6.07) is 0. The molecule has 0 fully saturated rings. The summed E-state index contributed by atoms with van der Waals surface area (Å²) in [6.07, 6.45) is 1.59. The van der Waals surface area contributed by atoms with E-state index in [4.69, 9.17) is 4.74 Å². The van der Waals surface area contributed by atoms with Crippen molar-refractivity contribution in [2.75, 3.05) is 6.61 Å². The molecule has 1 unspecified atom stereocenters. The molecule has 0 saturated heterocycles. The molecule has 0 aromatic carbocycles. The lowest BCUT2D eigenvalue weighted by Crippen LogP contribution is -2.20. The highest BCUT2D eigenvalue weighted by Gasteiger charge is 2.20. The summed E-state index contributed by atoms with van der Waals surface area (Å²) in [6.45, 7) is 8.23. The van der Waals surface area contributed by atoms with E-state index in [0.29, 0.717) is 12.5 Å². The van der Waals surface area contributed by atoms with Crippen molar-refractivity contribution in [3.05, 3.63) is 0 Å². The van der Waals surface area contributed by atoms with Crippen molar-refractivity contribution in [3.8, 4) is 0 Å². The van der Waals surface area contributed by atoms with Gasteiger partial charge in [0.25, 0.3) is 0 Å². The van der Waals surface area contributed by atoms with Crippen LogP contribution in [0.25, 0.3) is 0 Å². The first-order chi connectivity index (χ1) is 7.01. The van der Waals surface area contributed by atoms with Crippen LogP contribution >= 0.6 is 0 Å². The fourth-order valence-corrected chi connectivity index (χ4v) is 1.59. The van der Waals surface area contributed by atoms with Crippen molar-refractivity contribution in [1.29, 1.82) is 0 Å². The summed E-state index contributed by atoms with van der Waals surface area (Å²) in [5.41, 5.74) is 0. The smallest absolute Gasteiger partial charge is 0.313 e. The zero-order valence-electron chi connectivity index (χ0n) is 10.2. The maximum Gasteiger partial charge on any atom is 0.313 e. The molecule has 0 aromatic heterocycles. The molecule has 0 radical (unpaired) electrons. The highest BCUT2D eigenvalue weighted by Crippen LogP contribution is 2.17. The third-order valence-electron chi connectivity index (χ3n) is 2.33. The molecule has 0 N–H and O–H groups in total. The minimum absolute atomic E-state index is 0.00871. The van der Waals surface area contributed by atoms with Crippen molar-refractivity contribution in [3.63, 3.8) is 0 Å². The third kappa shape index (κ3) is 6.26. The van der Waals surface area contributed by atoms with Crippen molar-refractivity contribution in [1.82, 2.24) is 0 Å². The van der Waals surface area contributed by atoms with E-state index in [0.717, 1.165) is 12.8 Å². The molecule has 0 amide bonds. The van der Waals surface area contributed by atoms with Crippen LogP contribution in [0.3, 0.4) is 0 Å². The number of rotatable bonds is 7. The number of carbonyl (C=O) groups is 2. The van der Waals surface area contributed by atoms with E-state index >= 15 is 0 Å². The lowest BCUT2D eigenvalue weighted by atomic mass is 9.90. The average Bonchev–Trinajstić information content (AvgIpc) is 2.13. The second kappa shape index (κ2) is 7.43. The fraction of sp³-hybridized carbons (Fsp3) is 0.833. The van der Waals surface area contributed by atoms with E-state index in [2.05, 4.69) is 13.8 Å². The maximum atomic E-state index is 11.7. The minimum Gasteiger partial charge on any atom is -0.466 e. The van der Waals surface area contributed by atoms with E-state index in [1.165, 1.54) is 0 Å². The van der Waals surface area contributed by atoms with Crippen LogP contribution in [-0.2, 0) is 14.3 Å². The molecule has 0 aliphatic rings. The maximum absolute atomic E-state index is 11.7. The summed E-state index contributed by atoms with van der Waals surface area (Å²) < 4.78 is 4.75. The number of esters is 1. The molecular formula is C12H22O3. The van der Waals surface area contributed by atoms with Gasteiger partial charge < -0.3 is 4.74 Å². The largest absolute Gasteiger partial charge is 0.466 e. The summed E-state index contributed by atoms with van der Waals surface area (Å²) in [7, 11) is 0. The SMILES string of the molecule is CCOC(=O)CC(=O)C(CC)CC(C)C. The fourth-order valence-electron chi connectivity index (χ4n) is 1.59. The van der Waals surface area contributed by atoms with Gasteiger partial charge in [-0.3, -0.25) is 9.59 Å². The normalized spacial score (nSPS) is 12.6. The summed E-state index contributed by atoms with van der Waals surface area (Å²) >= 11 is 0. The van der Waals surface area contributed by atoms with Crippen molar-refractivity contribution >= 4 is 11.8 Å². The zero-order valence-corrected chi connectivity index (χ0v) is 10.2. The third-order valence-corrected chi connectivity index (χ3v) is 2.33. The summed E-state index contributed by atoms with van der Waals surface area (Å²) in [4.78, 5) is 22.8. The van der Waals surface area contributed by atoms with Gasteiger partial charge in [-0.25, -0.2) is 0 Å². The molecule has 0 saturated carbocycles. The second-order valence-corrected chi connectivity index (χ2v) is 4.18. The van der Waals surface area contributed by atoms with Crippen LogP contribution < -0.4 is 0 Å². The molecular weight excluding hydrogens is 192 g/mol. The molecule has 0 heterocycles. The van der Waals surface area contributed by atoms with E-state index < -0.39 is 5.97 Å². The lowest BCUT2D eigenvalue weighted by Gasteiger charge is -2.15. The first-order valence-electron chi connectivity index (χ1n) is 5.69. The predicted molar refractivity (Wildman–Crippen MR) is 59.5 cm³/mol. The van der Waals surface area contributed by atoms with E-state index in [1.54, 1.807) is 6.92 Å². The van der Waals surface area contributed by atoms with Gasteiger partial charge in [0, 0.05) is 5.92 Å². The van der Waals surface area contributed by atoms with Crippen molar-refractivity contribution in [2.45, 2.75) is 47.0 Å². The standard InChI is InChI=1S/C12H22O3/c1-5-10(7-9(3)4)11(13)8-12(14)15-6-2/h9-10H,5-8H2,1-4H3. The van der Waals surface area contributed by atoms with Gasteiger partial charge in [0.1, 0.15) is 12.2 Å². The Bertz CT molecular complexity index is 209. The molecule has 3 nitrogen and oxygen atoms in total. The monoisotopic (exact) mass is 214 g/mol. The Morgan fingerprint density at radius 2 is 1.80 bits per heavy atom. The summed E-state index contributed by atoms with van der Waals surface area (Å²) in [5, 5.41) is 0. The van der Waals surface area contributed by atoms with Gasteiger partial charge in [0.2, 0.25) is 0 Å². The Hall–Kier alpha value is -0.860. The average molecular weight is 214 g/mol. The first kappa shape index (κ1) is 14.1. The minimum atomic E-state index is -0.398. The molecule has 0 spiro atoms. The molecule has 0 aliphatic heterocycles. The Morgan fingerprint density at radius 3 is 2.20 bits per heavy atom. The number of ether oxygens (including phenoxy) is 1. The number of hydrogen-bond acceptors (Lipinski definition) is 3. The van der Waals surface area contributed by atoms with Gasteiger partial charge in [0.15, 0.2) is 0 Å². The van der Waals surface area contributed by atoms with Crippen molar-refractivity contribution < 1.29 is 14.3 Å². The summed E-state index contributed by atoms with van der Waals surface area (Å²) in [5.74, 6) is 0.116. The second-order valence-electron chi connectivity index (χ2n) is 4.18. The van der Waals surface area contributed by atoms with Crippen LogP contribution in [0.5, 0.6) is 0 Å². The number of hydrogen-bond donors (Lipinski definition) is 0. The van der Waals surface area contributed by atoms with Crippen molar-refractivity contribution in [2.24, 2.45) is 11.8 Å². The Balaban J connectivity index is 4.09. The van der Waals surface area contributed by atoms with Crippen LogP contribution in [0.2, 0.25) is 0 Å². The Labute approximate surface area is 92.2 Å². The van der Waals surface area contributed by atoms with E-state index in [1.807, 2.05) is 6.92 Å². The van der Waals surface area contributed by atoms with Gasteiger partial charge in [-0.05, 0) is 25.7 Å².